The molecule has 0 aliphatic heterocycles. The van der Waals surface area contributed by atoms with E-state index in [0.29, 0.717) is 12.8 Å². The van der Waals surface area contributed by atoms with Crippen molar-refractivity contribution >= 4 is 5.91 Å². The number of unbranched alkanes of at least 4 members (excludes halogenated alkanes) is 23. The highest BCUT2D eigenvalue weighted by molar-refractivity contribution is 5.80. The molecule has 0 aromatic heterocycles. The molecule has 0 aliphatic rings. The molecule has 0 radical (unpaired) electrons. The number of carbonyl (C=O) groups is 1. The highest BCUT2D eigenvalue weighted by Gasteiger charge is 2.23. The summed E-state index contributed by atoms with van der Waals surface area (Å²) >= 11 is 0. The summed E-state index contributed by atoms with van der Waals surface area (Å²) in [4.78, 5) is 12.4. The maximum Gasteiger partial charge on any atom is 0.249 e. The van der Waals surface area contributed by atoms with Gasteiger partial charge in [-0.15, -0.1) is 0 Å². The minimum atomic E-state index is -1.06. The molecular weight excluding hydrogens is 486 g/mol. The largest absolute Gasteiger partial charge is 0.394 e. The first-order chi connectivity index (χ1) is 19.1. The number of rotatable bonds is 31. The Hall–Kier alpha value is -0.650. The fraction of sp³-hybridized carbons (Fsp3) is 0.971. The normalized spacial score (nSPS) is 13.9. The average molecular weight is 556 g/mol. The van der Waals surface area contributed by atoms with Crippen molar-refractivity contribution in [2.45, 2.75) is 205 Å². The molecule has 0 bridgehead atoms. The number of hydrogen-bond acceptors (Lipinski definition) is 4. The number of carbonyl (C=O) groups excluding carboxylic acids is 1. The standard InChI is InChI=1S/C34H69NO4/c1-3-5-7-9-11-13-15-17-19-20-22-24-26-28-32(37)31(30-36)35-34(39)33(38)29-27-25-23-21-18-16-14-12-10-8-6-4-2/h31-33,36-38H,3-30H2,1-2H3,(H,35,39)/t31-,32+,33+/m0/s1. The second-order valence-electron chi connectivity index (χ2n) is 12.1. The lowest BCUT2D eigenvalue weighted by molar-refractivity contribution is -0.131. The molecule has 0 spiro atoms. The molecule has 0 saturated carbocycles. The lowest BCUT2D eigenvalue weighted by Gasteiger charge is -2.23. The van der Waals surface area contributed by atoms with Gasteiger partial charge in [-0.2, -0.15) is 0 Å². The number of aliphatic hydroxyl groups is 3. The molecule has 0 saturated heterocycles. The topological polar surface area (TPSA) is 89.8 Å². The van der Waals surface area contributed by atoms with Crippen LogP contribution in [-0.4, -0.2) is 46.1 Å². The lowest BCUT2D eigenvalue weighted by atomic mass is 10.0. The van der Waals surface area contributed by atoms with E-state index in [2.05, 4.69) is 19.2 Å². The summed E-state index contributed by atoms with van der Waals surface area (Å²) in [5.74, 6) is -0.471. The van der Waals surface area contributed by atoms with Gasteiger partial charge in [0.1, 0.15) is 6.10 Å². The first-order valence-corrected chi connectivity index (χ1v) is 17.3. The van der Waals surface area contributed by atoms with E-state index in [0.717, 1.165) is 32.1 Å². The second kappa shape index (κ2) is 30.3. The lowest BCUT2D eigenvalue weighted by Crippen LogP contribution is -2.49. The zero-order valence-electron chi connectivity index (χ0n) is 26.3. The molecule has 5 heteroatoms. The molecule has 39 heavy (non-hydrogen) atoms. The van der Waals surface area contributed by atoms with Crippen LogP contribution in [0, 0.1) is 0 Å². The van der Waals surface area contributed by atoms with Crippen molar-refractivity contribution in [2.75, 3.05) is 6.61 Å². The molecular formula is C34H69NO4. The summed E-state index contributed by atoms with van der Waals surface area (Å²) in [5.41, 5.74) is 0. The Kier molecular flexibility index (Phi) is 29.8. The van der Waals surface area contributed by atoms with Crippen molar-refractivity contribution in [3.05, 3.63) is 0 Å². The Morgan fingerprint density at radius 3 is 1.15 bits per heavy atom. The van der Waals surface area contributed by atoms with Gasteiger partial charge in [-0.1, -0.05) is 174 Å². The van der Waals surface area contributed by atoms with Crippen molar-refractivity contribution in [2.24, 2.45) is 0 Å². The Bertz CT molecular complexity index is 502. The highest BCUT2D eigenvalue weighted by atomic mass is 16.3. The minimum Gasteiger partial charge on any atom is -0.394 e. The van der Waals surface area contributed by atoms with Crippen LogP contribution >= 0.6 is 0 Å². The third-order valence-electron chi connectivity index (χ3n) is 8.23. The minimum absolute atomic E-state index is 0.309. The first-order valence-electron chi connectivity index (χ1n) is 17.3. The van der Waals surface area contributed by atoms with E-state index in [1.165, 1.54) is 128 Å². The third-order valence-corrected chi connectivity index (χ3v) is 8.23. The first kappa shape index (κ1) is 38.4. The Morgan fingerprint density at radius 1 is 0.513 bits per heavy atom. The van der Waals surface area contributed by atoms with Crippen molar-refractivity contribution in [3.63, 3.8) is 0 Å². The van der Waals surface area contributed by atoms with E-state index in [1.807, 2.05) is 0 Å². The van der Waals surface area contributed by atoms with Crippen LogP contribution in [0.1, 0.15) is 187 Å². The van der Waals surface area contributed by atoms with Crippen LogP contribution in [0.5, 0.6) is 0 Å². The van der Waals surface area contributed by atoms with Gasteiger partial charge in [0.05, 0.1) is 18.8 Å². The smallest absolute Gasteiger partial charge is 0.249 e. The summed E-state index contributed by atoms with van der Waals surface area (Å²) in [6.45, 7) is 4.21. The zero-order chi connectivity index (χ0) is 28.8. The molecule has 0 rings (SSSR count). The predicted octanol–water partition coefficient (Wildman–Crippen LogP) is 8.76. The van der Waals surface area contributed by atoms with E-state index in [9.17, 15) is 20.1 Å². The van der Waals surface area contributed by atoms with Crippen molar-refractivity contribution in [1.29, 1.82) is 0 Å². The molecule has 0 aliphatic carbocycles. The van der Waals surface area contributed by atoms with Gasteiger partial charge in [-0.25, -0.2) is 0 Å². The quantitative estimate of drug-likeness (QED) is 0.0644. The van der Waals surface area contributed by atoms with Crippen LogP contribution in [0.3, 0.4) is 0 Å². The summed E-state index contributed by atoms with van der Waals surface area (Å²) < 4.78 is 0. The van der Waals surface area contributed by atoms with Crippen molar-refractivity contribution < 1.29 is 20.1 Å². The van der Waals surface area contributed by atoms with Crippen molar-refractivity contribution in [1.82, 2.24) is 5.32 Å². The maximum atomic E-state index is 12.4. The van der Waals surface area contributed by atoms with Gasteiger partial charge in [0, 0.05) is 0 Å². The fourth-order valence-corrected chi connectivity index (χ4v) is 5.42. The molecule has 4 N–H and O–H groups in total. The average Bonchev–Trinajstić information content (AvgIpc) is 2.94. The fourth-order valence-electron chi connectivity index (χ4n) is 5.42. The Balaban J connectivity index is 3.69. The Morgan fingerprint density at radius 2 is 0.821 bits per heavy atom. The van der Waals surface area contributed by atoms with Crippen LogP contribution < -0.4 is 5.32 Å². The number of aliphatic hydroxyl groups excluding tert-OH is 3. The molecule has 1 amide bonds. The van der Waals surface area contributed by atoms with Crippen LogP contribution in [0.25, 0.3) is 0 Å². The van der Waals surface area contributed by atoms with E-state index < -0.39 is 24.2 Å². The predicted molar refractivity (Wildman–Crippen MR) is 167 cm³/mol. The number of nitrogens with one attached hydrogen (secondary N) is 1. The van der Waals surface area contributed by atoms with Gasteiger partial charge < -0.3 is 20.6 Å². The van der Waals surface area contributed by atoms with Gasteiger partial charge in [0.15, 0.2) is 0 Å². The highest BCUT2D eigenvalue weighted by Crippen LogP contribution is 2.15. The summed E-state index contributed by atoms with van der Waals surface area (Å²) in [7, 11) is 0. The molecule has 0 aromatic rings. The van der Waals surface area contributed by atoms with Gasteiger partial charge in [0.25, 0.3) is 0 Å². The monoisotopic (exact) mass is 556 g/mol. The molecule has 0 aromatic carbocycles. The third kappa shape index (κ3) is 26.0. The zero-order valence-corrected chi connectivity index (χ0v) is 26.3. The van der Waals surface area contributed by atoms with Crippen LogP contribution in [0.4, 0.5) is 0 Å². The summed E-state index contributed by atoms with van der Waals surface area (Å²) in [6.07, 6.45) is 30.8. The molecule has 0 heterocycles. The molecule has 5 nitrogen and oxygen atoms in total. The van der Waals surface area contributed by atoms with E-state index >= 15 is 0 Å². The molecule has 0 unspecified atom stereocenters. The summed E-state index contributed by atoms with van der Waals surface area (Å²) in [6, 6.07) is -0.702. The molecule has 0 fully saturated rings. The summed E-state index contributed by atoms with van der Waals surface area (Å²) in [5, 5.41) is 33.0. The molecule has 234 valence electrons. The van der Waals surface area contributed by atoms with E-state index in [-0.39, 0.29) is 6.61 Å². The number of hydrogen-bond donors (Lipinski definition) is 4. The van der Waals surface area contributed by atoms with Crippen LogP contribution in [0.2, 0.25) is 0 Å². The van der Waals surface area contributed by atoms with E-state index in [1.54, 1.807) is 0 Å². The molecule has 3 atom stereocenters. The van der Waals surface area contributed by atoms with Gasteiger partial charge in [-0.3, -0.25) is 4.79 Å². The van der Waals surface area contributed by atoms with Crippen LogP contribution in [0.15, 0.2) is 0 Å². The van der Waals surface area contributed by atoms with Crippen LogP contribution in [-0.2, 0) is 4.79 Å². The number of amides is 1. The van der Waals surface area contributed by atoms with E-state index in [4.69, 9.17) is 0 Å². The van der Waals surface area contributed by atoms with Crippen molar-refractivity contribution in [3.8, 4) is 0 Å². The van der Waals surface area contributed by atoms with Gasteiger partial charge in [0.2, 0.25) is 5.91 Å². The van der Waals surface area contributed by atoms with Gasteiger partial charge >= 0.3 is 0 Å². The van der Waals surface area contributed by atoms with Gasteiger partial charge in [-0.05, 0) is 12.8 Å². The maximum absolute atomic E-state index is 12.4. The Labute approximate surface area is 243 Å². The second-order valence-corrected chi connectivity index (χ2v) is 12.1. The SMILES string of the molecule is CCCCCCCCCCCCCCC[C@@H](O)[C@H](CO)NC(=O)[C@H](O)CCCCCCCCCCCCCC.